The van der Waals surface area contributed by atoms with Gasteiger partial charge in [0.05, 0.1) is 18.6 Å². The smallest absolute Gasteiger partial charge is 0.321 e. The van der Waals surface area contributed by atoms with E-state index in [2.05, 4.69) is 5.32 Å². The van der Waals surface area contributed by atoms with Gasteiger partial charge < -0.3 is 15.2 Å². The van der Waals surface area contributed by atoms with Gasteiger partial charge >= 0.3 is 5.97 Å². The standard InChI is InChI=1S/C10H13NO3S/c1-11-8(9(12)13)10(5-14-6-10)7-3-2-4-15-7/h2-4,8,11H,5-6H2,1H3,(H,12,13). The SMILES string of the molecule is CNC(C(=O)O)C1(c2cccs2)COC1. The zero-order valence-corrected chi connectivity index (χ0v) is 9.21. The fourth-order valence-electron chi connectivity index (χ4n) is 1.97. The molecule has 2 heterocycles. The van der Waals surface area contributed by atoms with E-state index in [-0.39, 0.29) is 5.41 Å². The van der Waals surface area contributed by atoms with E-state index in [0.717, 1.165) is 4.88 Å². The highest BCUT2D eigenvalue weighted by Gasteiger charge is 2.50. The van der Waals surface area contributed by atoms with Crippen LogP contribution in [-0.4, -0.2) is 37.4 Å². The molecule has 2 rings (SSSR count). The monoisotopic (exact) mass is 227 g/mol. The molecule has 4 nitrogen and oxygen atoms in total. The van der Waals surface area contributed by atoms with Crippen molar-refractivity contribution in [1.82, 2.24) is 5.32 Å². The van der Waals surface area contributed by atoms with E-state index in [1.165, 1.54) is 0 Å². The number of carbonyl (C=O) groups is 1. The molecule has 1 atom stereocenters. The maximum atomic E-state index is 11.2. The molecule has 1 aliphatic heterocycles. The van der Waals surface area contributed by atoms with Gasteiger partial charge in [0, 0.05) is 4.88 Å². The molecular weight excluding hydrogens is 214 g/mol. The van der Waals surface area contributed by atoms with E-state index in [1.807, 2.05) is 17.5 Å². The van der Waals surface area contributed by atoms with E-state index in [0.29, 0.717) is 13.2 Å². The largest absolute Gasteiger partial charge is 0.480 e. The summed E-state index contributed by atoms with van der Waals surface area (Å²) in [7, 11) is 1.67. The van der Waals surface area contributed by atoms with Gasteiger partial charge in [-0.1, -0.05) is 6.07 Å². The molecule has 0 saturated carbocycles. The summed E-state index contributed by atoms with van der Waals surface area (Å²) in [6.45, 7) is 0.955. The van der Waals surface area contributed by atoms with Gasteiger partial charge in [-0.2, -0.15) is 0 Å². The summed E-state index contributed by atoms with van der Waals surface area (Å²) < 4.78 is 5.20. The number of carboxylic acids is 1. The Morgan fingerprint density at radius 1 is 1.73 bits per heavy atom. The molecule has 0 spiro atoms. The molecule has 0 aliphatic carbocycles. The zero-order chi connectivity index (χ0) is 10.9. The highest BCUT2D eigenvalue weighted by molar-refractivity contribution is 7.10. The van der Waals surface area contributed by atoms with E-state index >= 15 is 0 Å². The average molecular weight is 227 g/mol. The Labute approximate surface area is 91.9 Å². The number of nitrogens with one attached hydrogen (secondary N) is 1. The van der Waals surface area contributed by atoms with Crippen LogP contribution in [0.3, 0.4) is 0 Å². The maximum Gasteiger partial charge on any atom is 0.321 e. The fraction of sp³-hybridized carbons (Fsp3) is 0.500. The lowest BCUT2D eigenvalue weighted by Gasteiger charge is -2.44. The number of rotatable bonds is 4. The third-order valence-corrected chi connectivity index (χ3v) is 3.91. The van der Waals surface area contributed by atoms with Crippen molar-refractivity contribution in [2.45, 2.75) is 11.5 Å². The second-order valence-electron chi connectivity index (χ2n) is 3.69. The normalized spacial score (nSPS) is 20.6. The zero-order valence-electron chi connectivity index (χ0n) is 8.40. The van der Waals surface area contributed by atoms with Crippen LogP contribution < -0.4 is 5.32 Å². The van der Waals surface area contributed by atoms with E-state index < -0.39 is 12.0 Å². The van der Waals surface area contributed by atoms with Crippen LogP contribution in [0, 0.1) is 0 Å². The van der Waals surface area contributed by atoms with Gasteiger partial charge in [-0.15, -0.1) is 11.3 Å². The second kappa shape index (κ2) is 3.92. The van der Waals surface area contributed by atoms with E-state index in [9.17, 15) is 4.79 Å². The first-order chi connectivity index (χ1) is 7.20. The van der Waals surface area contributed by atoms with Crippen molar-refractivity contribution in [1.29, 1.82) is 0 Å². The van der Waals surface area contributed by atoms with Crippen molar-refractivity contribution < 1.29 is 14.6 Å². The second-order valence-corrected chi connectivity index (χ2v) is 4.63. The Hall–Kier alpha value is -0.910. The summed E-state index contributed by atoms with van der Waals surface area (Å²) in [6, 6.07) is 3.33. The molecule has 2 N–H and O–H groups in total. The van der Waals surface area contributed by atoms with Crippen molar-refractivity contribution in [3.05, 3.63) is 22.4 Å². The number of likely N-dealkylation sites (N-methyl/N-ethyl adjacent to an activating group) is 1. The Kier molecular flexibility index (Phi) is 2.77. The lowest BCUT2D eigenvalue weighted by atomic mass is 9.77. The summed E-state index contributed by atoms with van der Waals surface area (Å²) in [6.07, 6.45) is 0. The summed E-state index contributed by atoms with van der Waals surface area (Å²) >= 11 is 1.58. The maximum absolute atomic E-state index is 11.2. The van der Waals surface area contributed by atoms with Gasteiger partial charge in [-0.25, -0.2) is 0 Å². The quantitative estimate of drug-likeness (QED) is 0.794. The van der Waals surface area contributed by atoms with Crippen LogP contribution in [0.25, 0.3) is 0 Å². The highest BCUT2D eigenvalue weighted by Crippen LogP contribution is 2.38. The van der Waals surface area contributed by atoms with Crippen molar-refractivity contribution in [3.8, 4) is 0 Å². The van der Waals surface area contributed by atoms with E-state index in [4.69, 9.17) is 9.84 Å². The van der Waals surface area contributed by atoms with Crippen LogP contribution in [0.2, 0.25) is 0 Å². The molecule has 0 aromatic carbocycles. The minimum atomic E-state index is -0.825. The first-order valence-electron chi connectivity index (χ1n) is 4.72. The lowest BCUT2D eigenvalue weighted by Crippen LogP contribution is -2.62. The number of thiophene rings is 1. The minimum Gasteiger partial charge on any atom is -0.480 e. The van der Waals surface area contributed by atoms with Gasteiger partial charge in [0.2, 0.25) is 0 Å². The van der Waals surface area contributed by atoms with Crippen LogP contribution >= 0.6 is 11.3 Å². The number of aliphatic carboxylic acids is 1. The number of ether oxygens (including phenoxy) is 1. The molecule has 0 bridgehead atoms. The molecule has 1 aromatic rings. The molecule has 82 valence electrons. The predicted molar refractivity (Wildman–Crippen MR) is 57.3 cm³/mol. The third-order valence-electron chi connectivity index (χ3n) is 2.82. The summed E-state index contributed by atoms with van der Waals surface area (Å²) in [4.78, 5) is 12.2. The fourth-order valence-corrected chi connectivity index (χ4v) is 2.90. The van der Waals surface area contributed by atoms with Crippen molar-refractivity contribution >= 4 is 17.3 Å². The number of carboxylic acid groups (broad SMARTS) is 1. The van der Waals surface area contributed by atoms with Crippen molar-refractivity contribution in [2.75, 3.05) is 20.3 Å². The van der Waals surface area contributed by atoms with Crippen molar-refractivity contribution in [3.63, 3.8) is 0 Å². The van der Waals surface area contributed by atoms with Crippen LogP contribution in [0.4, 0.5) is 0 Å². The molecule has 1 fully saturated rings. The van der Waals surface area contributed by atoms with E-state index in [1.54, 1.807) is 18.4 Å². The summed E-state index contributed by atoms with van der Waals surface area (Å²) in [5.41, 5.74) is -0.380. The average Bonchev–Trinajstić information content (AvgIpc) is 2.62. The molecule has 0 radical (unpaired) electrons. The Morgan fingerprint density at radius 2 is 2.47 bits per heavy atom. The topological polar surface area (TPSA) is 58.6 Å². The first-order valence-corrected chi connectivity index (χ1v) is 5.60. The van der Waals surface area contributed by atoms with Crippen molar-refractivity contribution in [2.24, 2.45) is 0 Å². The van der Waals surface area contributed by atoms with Gasteiger partial charge in [0.1, 0.15) is 6.04 Å². The Bertz CT molecular complexity index is 346. The molecule has 1 unspecified atom stereocenters. The molecule has 1 aromatic heterocycles. The molecule has 15 heavy (non-hydrogen) atoms. The molecule has 1 saturated heterocycles. The van der Waals surface area contributed by atoms with Crippen LogP contribution in [0.5, 0.6) is 0 Å². The molecular formula is C10H13NO3S. The number of hydrogen-bond donors (Lipinski definition) is 2. The van der Waals surface area contributed by atoms with Gasteiger partial charge in [0.15, 0.2) is 0 Å². The third kappa shape index (κ3) is 1.56. The summed E-state index contributed by atoms with van der Waals surface area (Å²) in [5, 5.41) is 14.0. The van der Waals surface area contributed by atoms with Gasteiger partial charge in [-0.3, -0.25) is 4.79 Å². The molecule has 0 amide bonds. The Morgan fingerprint density at radius 3 is 2.80 bits per heavy atom. The summed E-state index contributed by atoms with van der Waals surface area (Å²) in [5.74, 6) is -0.825. The van der Waals surface area contributed by atoms with Crippen LogP contribution in [0.1, 0.15) is 4.88 Å². The minimum absolute atomic E-state index is 0.380. The Balaban J connectivity index is 2.32. The predicted octanol–water partition coefficient (Wildman–Crippen LogP) is 0.689. The number of hydrogen-bond acceptors (Lipinski definition) is 4. The highest BCUT2D eigenvalue weighted by atomic mass is 32.1. The van der Waals surface area contributed by atoms with Gasteiger partial charge in [-0.05, 0) is 18.5 Å². The lowest BCUT2D eigenvalue weighted by molar-refractivity contribution is -0.150. The first kappa shape index (κ1) is 10.6. The molecule has 5 heteroatoms. The van der Waals surface area contributed by atoms with Crippen LogP contribution in [0.15, 0.2) is 17.5 Å². The van der Waals surface area contributed by atoms with Gasteiger partial charge in [0.25, 0.3) is 0 Å². The molecule has 1 aliphatic rings. The van der Waals surface area contributed by atoms with Crippen LogP contribution in [-0.2, 0) is 14.9 Å².